The second kappa shape index (κ2) is 9.21. The van der Waals surface area contributed by atoms with Crippen molar-refractivity contribution in [3.63, 3.8) is 0 Å². The van der Waals surface area contributed by atoms with Crippen molar-refractivity contribution in [3.8, 4) is 11.4 Å². The molecule has 3 aliphatic heterocycles. The van der Waals surface area contributed by atoms with Crippen LogP contribution >= 0.6 is 0 Å². The van der Waals surface area contributed by atoms with Gasteiger partial charge in [0.2, 0.25) is 5.91 Å². The Balaban J connectivity index is 1.55. The number of morpholine rings is 1. The molecule has 180 valence electrons. The summed E-state index contributed by atoms with van der Waals surface area (Å²) in [6, 6.07) is 7.78. The number of ether oxygens (including phenoxy) is 1. The molecule has 0 saturated carbocycles. The zero-order valence-electron chi connectivity index (χ0n) is 20.0. The van der Waals surface area contributed by atoms with Gasteiger partial charge in [0, 0.05) is 42.9 Å². The van der Waals surface area contributed by atoms with E-state index in [0.717, 1.165) is 42.9 Å². The standard InChI is InChI=1S/C25H32N6O3/c1-4-26-25(33)27-18-7-5-17(6-8-18)23-28-22-20(13-19-9-10-21(22)31(19)16(3)32)24(29-23)30-11-12-34-14-15(30)2/h5-8,15,19,21H,4,9-14H2,1-3H3,(H2,26,27,33)/t15-,19-,21+/m0/s1. The molecular formula is C25H32N6O3. The second-order valence-corrected chi connectivity index (χ2v) is 9.29. The Hall–Kier alpha value is -3.20. The summed E-state index contributed by atoms with van der Waals surface area (Å²) in [5.74, 6) is 1.73. The van der Waals surface area contributed by atoms with Crippen molar-refractivity contribution < 1.29 is 14.3 Å². The third kappa shape index (κ3) is 4.09. The number of carbonyl (C=O) groups is 2. The van der Waals surface area contributed by atoms with E-state index in [2.05, 4.69) is 22.5 Å². The number of benzene rings is 1. The fraction of sp³-hybridized carbons (Fsp3) is 0.520. The third-order valence-corrected chi connectivity index (χ3v) is 7.02. The van der Waals surface area contributed by atoms with Gasteiger partial charge in [0.05, 0.1) is 31.0 Å². The zero-order chi connectivity index (χ0) is 23.8. The van der Waals surface area contributed by atoms with E-state index in [-0.39, 0.29) is 30.1 Å². The number of nitrogens with one attached hydrogen (secondary N) is 2. The van der Waals surface area contributed by atoms with E-state index in [1.54, 1.807) is 6.92 Å². The summed E-state index contributed by atoms with van der Waals surface area (Å²) in [5, 5.41) is 5.55. The number of nitrogens with zero attached hydrogens (tertiary/aromatic N) is 4. The molecular weight excluding hydrogens is 432 g/mol. The van der Waals surface area contributed by atoms with Crippen LogP contribution in [-0.4, -0.2) is 65.2 Å². The molecule has 3 aliphatic rings. The molecule has 2 saturated heterocycles. The molecule has 2 aromatic rings. The molecule has 0 radical (unpaired) electrons. The minimum Gasteiger partial charge on any atom is -0.377 e. The van der Waals surface area contributed by atoms with E-state index in [0.29, 0.717) is 31.3 Å². The van der Waals surface area contributed by atoms with Gasteiger partial charge in [-0.3, -0.25) is 4.79 Å². The van der Waals surface area contributed by atoms with Crippen LogP contribution in [0.2, 0.25) is 0 Å². The van der Waals surface area contributed by atoms with Gasteiger partial charge in [0.15, 0.2) is 5.82 Å². The lowest BCUT2D eigenvalue weighted by molar-refractivity contribution is -0.132. The van der Waals surface area contributed by atoms with Crippen LogP contribution in [0.4, 0.5) is 16.3 Å². The first-order valence-electron chi connectivity index (χ1n) is 12.2. The molecule has 0 unspecified atom stereocenters. The minimum absolute atomic E-state index is 0.00164. The predicted molar refractivity (Wildman–Crippen MR) is 130 cm³/mol. The predicted octanol–water partition coefficient (Wildman–Crippen LogP) is 3.12. The maximum Gasteiger partial charge on any atom is 0.319 e. The molecule has 34 heavy (non-hydrogen) atoms. The lowest BCUT2D eigenvalue weighted by Crippen LogP contribution is -2.46. The molecule has 5 rings (SSSR count). The highest BCUT2D eigenvalue weighted by Crippen LogP contribution is 2.46. The molecule has 2 bridgehead atoms. The topological polar surface area (TPSA) is 99.7 Å². The Morgan fingerprint density at radius 3 is 2.68 bits per heavy atom. The number of amides is 3. The normalized spacial score (nSPS) is 23.4. The van der Waals surface area contributed by atoms with Crippen molar-refractivity contribution >= 4 is 23.4 Å². The van der Waals surface area contributed by atoms with Gasteiger partial charge in [-0.15, -0.1) is 0 Å². The lowest BCUT2D eigenvalue weighted by Gasteiger charge is -2.40. The van der Waals surface area contributed by atoms with Crippen molar-refractivity contribution in [3.05, 3.63) is 35.5 Å². The molecule has 0 aliphatic carbocycles. The van der Waals surface area contributed by atoms with Crippen LogP contribution in [0.15, 0.2) is 24.3 Å². The Labute approximate surface area is 199 Å². The summed E-state index contributed by atoms with van der Waals surface area (Å²) < 4.78 is 5.68. The molecule has 2 fully saturated rings. The molecule has 1 aromatic carbocycles. The van der Waals surface area contributed by atoms with Gasteiger partial charge in [-0.1, -0.05) is 0 Å². The second-order valence-electron chi connectivity index (χ2n) is 9.29. The fourth-order valence-electron chi connectivity index (χ4n) is 5.47. The van der Waals surface area contributed by atoms with Crippen LogP contribution in [0.3, 0.4) is 0 Å². The molecule has 4 heterocycles. The Morgan fingerprint density at radius 2 is 1.97 bits per heavy atom. The van der Waals surface area contributed by atoms with Crippen molar-refractivity contribution in [2.75, 3.05) is 36.5 Å². The first-order valence-corrected chi connectivity index (χ1v) is 12.2. The number of fused-ring (bicyclic) bond motifs is 4. The largest absolute Gasteiger partial charge is 0.377 e. The quantitative estimate of drug-likeness (QED) is 0.721. The summed E-state index contributed by atoms with van der Waals surface area (Å²) in [4.78, 5) is 38.8. The molecule has 9 nitrogen and oxygen atoms in total. The van der Waals surface area contributed by atoms with Crippen LogP contribution in [0.5, 0.6) is 0 Å². The molecule has 3 atom stereocenters. The Morgan fingerprint density at radius 1 is 1.18 bits per heavy atom. The van der Waals surface area contributed by atoms with E-state index < -0.39 is 0 Å². The summed E-state index contributed by atoms with van der Waals surface area (Å²) in [5.41, 5.74) is 3.74. The number of rotatable bonds is 4. The molecule has 1 aromatic heterocycles. The highest BCUT2D eigenvalue weighted by Gasteiger charge is 2.44. The minimum atomic E-state index is -0.232. The summed E-state index contributed by atoms with van der Waals surface area (Å²) >= 11 is 0. The number of hydrogen-bond acceptors (Lipinski definition) is 6. The van der Waals surface area contributed by atoms with E-state index in [1.165, 1.54) is 5.56 Å². The van der Waals surface area contributed by atoms with Gasteiger partial charge in [-0.2, -0.15) is 0 Å². The first kappa shape index (κ1) is 22.6. The number of aromatic nitrogens is 2. The first-order chi connectivity index (χ1) is 16.5. The molecule has 0 spiro atoms. The molecule has 3 amide bonds. The highest BCUT2D eigenvalue weighted by atomic mass is 16.5. The van der Waals surface area contributed by atoms with Gasteiger partial charge in [0.1, 0.15) is 5.82 Å². The van der Waals surface area contributed by atoms with Crippen molar-refractivity contribution in [2.24, 2.45) is 0 Å². The smallest absolute Gasteiger partial charge is 0.319 e. The number of hydrogen-bond donors (Lipinski definition) is 2. The zero-order valence-corrected chi connectivity index (χ0v) is 20.0. The maximum atomic E-state index is 12.5. The van der Waals surface area contributed by atoms with Crippen LogP contribution in [0.1, 0.15) is 50.9 Å². The average Bonchev–Trinajstić information content (AvgIpc) is 3.15. The Kier molecular flexibility index (Phi) is 6.12. The third-order valence-electron chi connectivity index (χ3n) is 7.02. The lowest BCUT2D eigenvalue weighted by atomic mass is 9.96. The van der Waals surface area contributed by atoms with Gasteiger partial charge >= 0.3 is 6.03 Å². The van der Waals surface area contributed by atoms with Gasteiger partial charge in [0.25, 0.3) is 0 Å². The van der Waals surface area contributed by atoms with Crippen LogP contribution < -0.4 is 15.5 Å². The van der Waals surface area contributed by atoms with E-state index in [1.807, 2.05) is 36.1 Å². The van der Waals surface area contributed by atoms with E-state index >= 15 is 0 Å². The van der Waals surface area contributed by atoms with Crippen LogP contribution in [-0.2, 0) is 16.0 Å². The molecule has 2 N–H and O–H groups in total. The monoisotopic (exact) mass is 464 g/mol. The number of anilines is 2. The highest BCUT2D eigenvalue weighted by molar-refractivity contribution is 5.89. The van der Waals surface area contributed by atoms with E-state index in [4.69, 9.17) is 14.7 Å². The maximum absolute atomic E-state index is 12.5. The summed E-state index contributed by atoms with van der Waals surface area (Å²) in [6.45, 7) is 8.38. The number of carbonyl (C=O) groups excluding carboxylic acids is 2. The van der Waals surface area contributed by atoms with Crippen LogP contribution in [0, 0.1) is 0 Å². The van der Waals surface area contributed by atoms with Crippen LogP contribution in [0.25, 0.3) is 11.4 Å². The SMILES string of the molecule is CCNC(=O)Nc1ccc(-c2nc3c(c(N4CCOC[C@@H]4C)n2)C[C@@H]2CC[C@H]3N2C(C)=O)cc1. The average molecular weight is 465 g/mol. The molecule has 9 heteroatoms. The van der Waals surface area contributed by atoms with Gasteiger partial charge in [-0.05, 0) is 57.4 Å². The fourth-order valence-corrected chi connectivity index (χ4v) is 5.47. The summed E-state index contributed by atoms with van der Waals surface area (Å²) in [6.07, 6.45) is 2.72. The number of urea groups is 1. The van der Waals surface area contributed by atoms with Crippen molar-refractivity contribution in [1.29, 1.82) is 0 Å². The van der Waals surface area contributed by atoms with Crippen molar-refractivity contribution in [1.82, 2.24) is 20.2 Å². The Bertz CT molecular complexity index is 1090. The summed E-state index contributed by atoms with van der Waals surface area (Å²) in [7, 11) is 0. The van der Waals surface area contributed by atoms with Gasteiger partial charge in [-0.25, -0.2) is 14.8 Å². The van der Waals surface area contributed by atoms with Crippen molar-refractivity contribution in [2.45, 2.75) is 58.2 Å². The van der Waals surface area contributed by atoms with E-state index in [9.17, 15) is 9.59 Å². The van der Waals surface area contributed by atoms with Gasteiger partial charge < -0.3 is 25.2 Å².